The number of amides is 1. The zero-order valence-corrected chi connectivity index (χ0v) is 11.2. The molecule has 2 rings (SSSR count). The molecule has 1 saturated heterocycles. The minimum absolute atomic E-state index is 0.0725. The number of nitrogens with two attached hydrogens (primary N) is 1. The predicted molar refractivity (Wildman–Crippen MR) is 72.0 cm³/mol. The molecule has 1 aromatic carbocycles. The van der Waals surface area contributed by atoms with Crippen LogP contribution in [0.4, 0.5) is 4.79 Å². The maximum Gasteiger partial charge on any atom is 0.410 e. The zero-order valence-electron chi connectivity index (χ0n) is 11.2. The lowest BCUT2D eigenvalue weighted by Crippen LogP contribution is -2.32. The molecule has 1 heterocycles. The van der Waals surface area contributed by atoms with Crippen LogP contribution in [0.25, 0.3) is 0 Å². The highest BCUT2D eigenvalue weighted by atomic mass is 16.6. The fraction of sp³-hybridized carbons (Fsp3) is 0.500. The summed E-state index contributed by atoms with van der Waals surface area (Å²) in [5.41, 5.74) is 6.64. The van der Waals surface area contributed by atoms with E-state index in [1.54, 1.807) is 4.90 Å². The second kappa shape index (κ2) is 6.43. The molecular formula is C14H20N2O3. The zero-order chi connectivity index (χ0) is 13.7. The standard InChI is InChI=1S/C14H20N2O3/c1-2-18-13-6-4-3-5-11(13)10-19-14(17)16-8-7-12(15)9-16/h3-6,12H,2,7-10,15H2,1H3/t12-/m0/s1. The number of nitrogens with zero attached hydrogens (tertiary/aromatic N) is 1. The third-order valence-electron chi connectivity index (χ3n) is 3.11. The van der Waals surface area contributed by atoms with E-state index in [0.29, 0.717) is 19.7 Å². The maximum atomic E-state index is 11.8. The summed E-state index contributed by atoms with van der Waals surface area (Å²) in [6.07, 6.45) is 0.532. The van der Waals surface area contributed by atoms with Crippen molar-refractivity contribution < 1.29 is 14.3 Å². The molecule has 1 aliphatic heterocycles. The van der Waals surface area contributed by atoms with Gasteiger partial charge in [0.25, 0.3) is 0 Å². The first-order chi connectivity index (χ1) is 9.20. The van der Waals surface area contributed by atoms with Crippen LogP contribution in [0.2, 0.25) is 0 Å². The van der Waals surface area contributed by atoms with Gasteiger partial charge in [-0.05, 0) is 19.4 Å². The molecule has 2 N–H and O–H groups in total. The lowest BCUT2D eigenvalue weighted by Gasteiger charge is -2.16. The number of ether oxygens (including phenoxy) is 2. The van der Waals surface area contributed by atoms with Crippen LogP contribution in [0, 0.1) is 0 Å². The third kappa shape index (κ3) is 3.61. The van der Waals surface area contributed by atoms with Crippen molar-refractivity contribution in [3.05, 3.63) is 29.8 Å². The molecule has 19 heavy (non-hydrogen) atoms. The Morgan fingerprint density at radius 2 is 2.26 bits per heavy atom. The Hall–Kier alpha value is -1.75. The van der Waals surface area contributed by atoms with Gasteiger partial charge in [-0.25, -0.2) is 4.79 Å². The third-order valence-corrected chi connectivity index (χ3v) is 3.11. The van der Waals surface area contributed by atoms with Crippen molar-refractivity contribution in [1.82, 2.24) is 4.90 Å². The summed E-state index contributed by atoms with van der Waals surface area (Å²) in [6, 6.07) is 7.64. The van der Waals surface area contributed by atoms with Crippen LogP contribution in [-0.2, 0) is 11.3 Å². The van der Waals surface area contributed by atoms with Crippen molar-refractivity contribution in [1.29, 1.82) is 0 Å². The van der Waals surface area contributed by atoms with Gasteiger partial charge in [-0.2, -0.15) is 0 Å². The molecular weight excluding hydrogens is 244 g/mol. The predicted octanol–water partition coefficient (Wildman–Crippen LogP) is 1.75. The molecule has 0 aromatic heterocycles. The topological polar surface area (TPSA) is 64.8 Å². The van der Waals surface area contributed by atoms with Gasteiger partial charge in [-0.1, -0.05) is 18.2 Å². The Kier molecular flexibility index (Phi) is 4.63. The van der Waals surface area contributed by atoms with E-state index in [-0.39, 0.29) is 18.7 Å². The average molecular weight is 264 g/mol. The molecule has 1 fully saturated rings. The molecule has 0 radical (unpaired) electrons. The van der Waals surface area contributed by atoms with Crippen LogP contribution in [-0.4, -0.2) is 36.7 Å². The van der Waals surface area contributed by atoms with Gasteiger partial charge < -0.3 is 20.1 Å². The lowest BCUT2D eigenvalue weighted by atomic mass is 10.2. The Bertz CT molecular complexity index is 436. The quantitative estimate of drug-likeness (QED) is 0.900. The molecule has 5 nitrogen and oxygen atoms in total. The first kappa shape index (κ1) is 13.7. The van der Waals surface area contributed by atoms with E-state index in [1.807, 2.05) is 31.2 Å². The molecule has 1 atom stereocenters. The molecule has 0 saturated carbocycles. The summed E-state index contributed by atoms with van der Waals surface area (Å²) < 4.78 is 10.8. The number of benzene rings is 1. The minimum Gasteiger partial charge on any atom is -0.493 e. The average Bonchev–Trinajstić information content (AvgIpc) is 2.84. The summed E-state index contributed by atoms with van der Waals surface area (Å²) in [5.74, 6) is 0.760. The number of carbonyl (C=O) groups is 1. The van der Waals surface area contributed by atoms with Crippen LogP contribution in [0.5, 0.6) is 5.75 Å². The molecule has 104 valence electrons. The summed E-state index contributed by atoms with van der Waals surface area (Å²) in [6.45, 7) is 3.99. The minimum atomic E-state index is -0.306. The van der Waals surface area contributed by atoms with Gasteiger partial charge in [-0.15, -0.1) is 0 Å². The Labute approximate surface area is 113 Å². The van der Waals surface area contributed by atoms with E-state index in [1.165, 1.54) is 0 Å². The van der Waals surface area contributed by atoms with E-state index in [2.05, 4.69) is 0 Å². The van der Waals surface area contributed by atoms with Crippen molar-refractivity contribution in [2.45, 2.75) is 26.0 Å². The first-order valence-corrected chi connectivity index (χ1v) is 6.58. The number of likely N-dealkylation sites (tertiary alicyclic amines) is 1. The van der Waals surface area contributed by atoms with Crippen LogP contribution < -0.4 is 10.5 Å². The molecule has 0 bridgehead atoms. The molecule has 0 aliphatic carbocycles. The summed E-state index contributed by atoms with van der Waals surface area (Å²) in [7, 11) is 0. The summed E-state index contributed by atoms with van der Waals surface area (Å²) >= 11 is 0. The van der Waals surface area contributed by atoms with Crippen LogP contribution in [0.1, 0.15) is 18.9 Å². The number of hydrogen-bond acceptors (Lipinski definition) is 4. The van der Waals surface area contributed by atoms with E-state index >= 15 is 0 Å². The van der Waals surface area contributed by atoms with Gasteiger partial charge in [0.15, 0.2) is 0 Å². The van der Waals surface area contributed by atoms with Crippen molar-refractivity contribution in [2.24, 2.45) is 5.73 Å². The summed E-state index contributed by atoms with van der Waals surface area (Å²) in [4.78, 5) is 13.5. The Morgan fingerprint density at radius 1 is 1.47 bits per heavy atom. The normalized spacial score (nSPS) is 18.4. The van der Waals surface area contributed by atoms with Gasteiger partial charge in [0.1, 0.15) is 12.4 Å². The van der Waals surface area contributed by atoms with Gasteiger partial charge in [-0.3, -0.25) is 0 Å². The van der Waals surface area contributed by atoms with Gasteiger partial charge in [0, 0.05) is 24.7 Å². The first-order valence-electron chi connectivity index (χ1n) is 6.58. The monoisotopic (exact) mass is 264 g/mol. The molecule has 5 heteroatoms. The second-order valence-corrected chi connectivity index (χ2v) is 4.59. The molecule has 1 aliphatic rings. The van der Waals surface area contributed by atoms with Gasteiger partial charge in [0.05, 0.1) is 6.61 Å². The van der Waals surface area contributed by atoms with E-state index < -0.39 is 0 Å². The number of rotatable bonds is 4. The lowest BCUT2D eigenvalue weighted by molar-refractivity contribution is 0.103. The maximum absolute atomic E-state index is 11.8. The highest BCUT2D eigenvalue weighted by molar-refractivity contribution is 5.68. The van der Waals surface area contributed by atoms with E-state index in [0.717, 1.165) is 17.7 Å². The van der Waals surface area contributed by atoms with Crippen LogP contribution in [0.3, 0.4) is 0 Å². The van der Waals surface area contributed by atoms with E-state index in [4.69, 9.17) is 15.2 Å². The van der Waals surface area contributed by atoms with Crippen molar-refractivity contribution in [3.8, 4) is 5.75 Å². The highest BCUT2D eigenvalue weighted by Crippen LogP contribution is 2.19. The molecule has 1 amide bonds. The van der Waals surface area contributed by atoms with Gasteiger partial charge in [0.2, 0.25) is 0 Å². The van der Waals surface area contributed by atoms with Crippen LogP contribution >= 0.6 is 0 Å². The Morgan fingerprint density at radius 3 is 2.95 bits per heavy atom. The van der Waals surface area contributed by atoms with Crippen LogP contribution in [0.15, 0.2) is 24.3 Å². The fourth-order valence-electron chi connectivity index (χ4n) is 2.10. The number of para-hydroxylation sites is 1. The highest BCUT2D eigenvalue weighted by Gasteiger charge is 2.24. The van der Waals surface area contributed by atoms with Crippen molar-refractivity contribution >= 4 is 6.09 Å². The fourth-order valence-corrected chi connectivity index (χ4v) is 2.10. The Balaban J connectivity index is 1.89. The molecule has 1 aromatic rings. The largest absolute Gasteiger partial charge is 0.493 e. The van der Waals surface area contributed by atoms with Crippen molar-refractivity contribution in [3.63, 3.8) is 0 Å². The summed E-state index contributed by atoms with van der Waals surface area (Å²) in [5, 5.41) is 0. The van der Waals surface area contributed by atoms with E-state index in [9.17, 15) is 4.79 Å². The second-order valence-electron chi connectivity index (χ2n) is 4.59. The molecule has 0 unspecified atom stereocenters. The van der Waals surface area contributed by atoms with Crippen molar-refractivity contribution in [2.75, 3.05) is 19.7 Å². The number of carbonyl (C=O) groups excluding carboxylic acids is 1. The van der Waals surface area contributed by atoms with Gasteiger partial charge >= 0.3 is 6.09 Å². The molecule has 0 spiro atoms. The smallest absolute Gasteiger partial charge is 0.410 e. The number of hydrogen-bond donors (Lipinski definition) is 1. The SMILES string of the molecule is CCOc1ccccc1COC(=O)N1CC[C@H](N)C1.